The van der Waals surface area contributed by atoms with E-state index in [2.05, 4.69) is 0 Å². The van der Waals surface area contributed by atoms with Gasteiger partial charge < -0.3 is 5.11 Å². The molecule has 0 unspecified atom stereocenters. The molecule has 0 saturated carbocycles. The van der Waals surface area contributed by atoms with E-state index in [-0.39, 0.29) is 6.29 Å². The molecule has 0 aromatic carbocycles. The molecular formula is C4H2Cl2O3. The predicted molar refractivity (Wildman–Crippen MR) is 32.4 cm³/mol. The minimum atomic E-state index is -1.41. The second-order valence-corrected chi connectivity index (χ2v) is 1.87. The Balaban J connectivity index is 4.47. The number of aldehydes is 1. The molecule has 0 aliphatic rings. The molecule has 0 bridgehead atoms. The number of carbonyl (C=O) groups excluding carboxylic acids is 1. The van der Waals surface area contributed by atoms with Crippen LogP contribution in [0.15, 0.2) is 10.1 Å². The van der Waals surface area contributed by atoms with Crippen molar-refractivity contribution in [2.45, 2.75) is 0 Å². The van der Waals surface area contributed by atoms with E-state index >= 15 is 0 Å². The van der Waals surface area contributed by atoms with Crippen LogP contribution < -0.4 is 0 Å². The Hall–Kier alpha value is -0.540. The van der Waals surface area contributed by atoms with Crippen molar-refractivity contribution in [1.29, 1.82) is 0 Å². The Morgan fingerprint density at radius 2 is 1.89 bits per heavy atom. The Labute approximate surface area is 60.9 Å². The number of rotatable bonds is 2. The van der Waals surface area contributed by atoms with Gasteiger partial charge in [0.1, 0.15) is 10.1 Å². The maximum atomic E-state index is 9.87. The van der Waals surface area contributed by atoms with Gasteiger partial charge in [0.15, 0.2) is 6.29 Å². The summed E-state index contributed by atoms with van der Waals surface area (Å²) in [6, 6.07) is 0. The summed E-state index contributed by atoms with van der Waals surface area (Å²) in [6.07, 6.45) is 0.165. The summed E-state index contributed by atoms with van der Waals surface area (Å²) in [5, 5.41) is 6.89. The molecule has 50 valence electrons. The highest BCUT2D eigenvalue weighted by Crippen LogP contribution is 2.10. The van der Waals surface area contributed by atoms with Crippen molar-refractivity contribution in [2.75, 3.05) is 0 Å². The smallest absolute Gasteiger partial charge is 0.348 e. The second-order valence-electron chi connectivity index (χ2n) is 1.08. The second kappa shape index (κ2) is 3.48. The van der Waals surface area contributed by atoms with Gasteiger partial charge in [0.25, 0.3) is 0 Å². The number of carboxylic acid groups (broad SMARTS) is 1. The first kappa shape index (κ1) is 8.46. The van der Waals surface area contributed by atoms with Crippen LogP contribution in [-0.4, -0.2) is 17.4 Å². The summed E-state index contributed by atoms with van der Waals surface area (Å²) in [7, 11) is 0. The largest absolute Gasteiger partial charge is 0.477 e. The molecule has 0 saturated heterocycles. The number of halogens is 2. The zero-order valence-corrected chi connectivity index (χ0v) is 5.61. The average molecular weight is 169 g/mol. The van der Waals surface area contributed by atoms with Crippen molar-refractivity contribution < 1.29 is 14.7 Å². The van der Waals surface area contributed by atoms with E-state index in [0.717, 1.165) is 0 Å². The molecule has 0 aromatic heterocycles. The highest BCUT2D eigenvalue weighted by Gasteiger charge is 2.07. The Bertz CT molecular complexity index is 173. The molecule has 3 nitrogen and oxygen atoms in total. The summed E-state index contributed by atoms with van der Waals surface area (Å²) < 4.78 is 0. The molecule has 5 heteroatoms. The third-order valence-corrected chi connectivity index (χ3v) is 1.24. The number of carboxylic acids is 1. The lowest BCUT2D eigenvalue weighted by Gasteiger charge is -1.86. The van der Waals surface area contributed by atoms with Crippen LogP contribution >= 0.6 is 23.2 Å². The Morgan fingerprint density at radius 1 is 1.44 bits per heavy atom. The normalized spacial score (nSPS) is 12.2. The Morgan fingerprint density at radius 3 is 2.00 bits per heavy atom. The third kappa shape index (κ3) is 2.49. The summed E-state index contributed by atoms with van der Waals surface area (Å²) in [4.78, 5) is 19.6. The lowest BCUT2D eigenvalue weighted by molar-refractivity contribution is -0.132. The molecule has 0 spiro atoms. The van der Waals surface area contributed by atoms with Crippen LogP contribution in [-0.2, 0) is 9.59 Å². The first-order valence-corrected chi connectivity index (χ1v) is 2.59. The lowest BCUT2D eigenvalue weighted by atomic mass is 10.5. The zero-order valence-electron chi connectivity index (χ0n) is 4.10. The highest BCUT2D eigenvalue weighted by atomic mass is 35.5. The van der Waals surface area contributed by atoms with Crippen molar-refractivity contribution in [3.05, 3.63) is 10.1 Å². The van der Waals surface area contributed by atoms with Gasteiger partial charge in [-0.25, -0.2) is 4.79 Å². The Kier molecular flexibility index (Phi) is 3.27. The van der Waals surface area contributed by atoms with E-state index in [1.165, 1.54) is 0 Å². The van der Waals surface area contributed by atoms with Crippen molar-refractivity contribution in [3.63, 3.8) is 0 Å². The van der Waals surface area contributed by atoms with Crippen molar-refractivity contribution >= 4 is 35.5 Å². The van der Waals surface area contributed by atoms with E-state index in [1.807, 2.05) is 0 Å². The minimum absolute atomic E-state index is 0.165. The highest BCUT2D eigenvalue weighted by molar-refractivity contribution is 6.51. The molecule has 0 heterocycles. The average Bonchev–Trinajstić information content (AvgIpc) is 1.84. The zero-order chi connectivity index (χ0) is 7.44. The lowest BCUT2D eigenvalue weighted by Crippen LogP contribution is -1.96. The number of hydrogen-bond donors (Lipinski definition) is 1. The van der Waals surface area contributed by atoms with Crippen molar-refractivity contribution in [3.8, 4) is 0 Å². The molecule has 0 aromatic rings. The first-order valence-electron chi connectivity index (χ1n) is 1.83. The van der Waals surface area contributed by atoms with Crippen molar-refractivity contribution in [1.82, 2.24) is 0 Å². The van der Waals surface area contributed by atoms with E-state index in [1.54, 1.807) is 0 Å². The van der Waals surface area contributed by atoms with E-state index in [0.29, 0.717) is 0 Å². The maximum Gasteiger partial charge on any atom is 0.348 e. The van der Waals surface area contributed by atoms with Gasteiger partial charge in [0.05, 0.1) is 0 Å². The molecule has 0 radical (unpaired) electrons. The van der Waals surface area contributed by atoms with Gasteiger partial charge in [-0.2, -0.15) is 0 Å². The fraction of sp³-hybridized carbons (Fsp3) is 0. The first-order chi connectivity index (χ1) is 4.09. The summed E-state index contributed by atoms with van der Waals surface area (Å²) in [5.74, 6) is -1.41. The van der Waals surface area contributed by atoms with E-state index < -0.39 is 16.0 Å². The van der Waals surface area contributed by atoms with Gasteiger partial charge in [-0.1, -0.05) is 23.2 Å². The standard InChI is InChI=1S/C4H2Cl2O3/c5-2(1-7)3(6)4(8)9/h1H,(H,8,9). The van der Waals surface area contributed by atoms with Gasteiger partial charge in [-0.15, -0.1) is 0 Å². The number of allylic oxidation sites excluding steroid dienone is 1. The predicted octanol–water partition coefficient (Wildman–Crippen LogP) is 0.959. The van der Waals surface area contributed by atoms with Crippen LogP contribution in [0.4, 0.5) is 0 Å². The summed E-state index contributed by atoms with van der Waals surface area (Å²) in [6.45, 7) is 0. The quantitative estimate of drug-likeness (QED) is 0.494. The fourth-order valence-electron chi connectivity index (χ4n) is 0.154. The van der Waals surface area contributed by atoms with Crippen LogP contribution in [0.2, 0.25) is 0 Å². The van der Waals surface area contributed by atoms with Crippen LogP contribution in [0.25, 0.3) is 0 Å². The van der Waals surface area contributed by atoms with Crippen LogP contribution in [0.3, 0.4) is 0 Å². The van der Waals surface area contributed by atoms with Gasteiger partial charge in [-0.3, -0.25) is 4.79 Å². The van der Waals surface area contributed by atoms with E-state index in [4.69, 9.17) is 28.3 Å². The number of aliphatic carboxylic acids is 1. The molecule has 0 amide bonds. The molecule has 1 N–H and O–H groups in total. The van der Waals surface area contributed by atoms with Gasteiger partial charge in [0.2, 0.25) is 0 Å². The van der Waals surface area contributed by atoms with Crippen LogP contribution in [0, 0.1) is 0 Å². The van der Waals surface area contributed by atoms with Crippen molar-refractivity contribution in [2.24, 2.45) is 0 Å². The molecule has 0 aliphatic carbocycles. The SMILES string of the molecule is O=CC(Cl)=C(Cl)C(=O)O. The fourth-order valence-corrected chi connectivity index (χ4v) is 0.279. The summed E-state index contributed by atoms with van der Waals surface area (Å²) in [5.41, 5.74) is 0. The molecule has 0 atom stereocenters. The molecule has 0 aliphatic heterocycles. The van der Waals surface area contributed by atoms with E-state index in [9.17, 15) is 9.59 Å². The van der Waals surface area contributed by atoms with Crippen LogP contribution in [0.5, 0.6) is 0 Å². The topological polar surface area (TPSA) is 54.4 Å². The van der Waals surface area contributed by atoms with Crippen LogP contribution in [0.1, 0.15) is 0 Å². The van der Waals surface area contributed by atoms with Gasteiger partial charge in [0, 0.05) is 0 Å². The third-order valence-electron chi connectivity index (χ3n) is 0.501. The molecule has 0 rings (SSSR count). The van der Waals surface area contributed by atoms with Gasteiger partial charge >= 0.3 is 5.97 Å². The maximum absolute atomic E-state index is 9.87. The molecular weight excluding hydrogens is 167 g/mol. The number of hydrogen-bond acceptors (Lipinski definition) is 2. The monoisotopic (exact) mass is 168 g/mol. The molecule has 9 heavy (non-hydrogen) atoms. The number of carbonyl (C=O) groups is 2. The molecule has 0 fully saturated rings. The minimum Gasteiger partial charge on any atom is -0.477 e. The van der Waals surface area contributed by atoms with Gasteiger partial charge in [-0.05, 0) is 0 Å². The summed E-state index contributed by atoms with van der Waals surface area (Å²) >= 11 is 9.99.